The van der Waals surface area contributed by atoms with Crippen LogP contribution < -0.4 is 0 Å². The van der Waals surface area contributed by atoms with Gasteiger partial charge in [0, 0.05) is 24.7 Å². The van der Waals surface area contributed by atoms with Crippen LogP contribution in [0.15, 0.2) is 0 Å². The SMILES string of the molecule is CC[C@@H]1[C@@H]2[C@@H](F)[C@H](C)CC[C@]2(C)C2CC[C@@]3(C)C(CCC3[C@H](C)CCC(=O)O)C2[C@@H]1O[Si](C)(C)C.CC[C@@H]1[C@@H]2[C@@H](F)[C@H](C)CC[C@]2(C)C2CC[C@@]3(C)C(CCC3[C@H](C)CCC(=O)OC)C2[C@@H]1O[Si](C)(C)C. The molecule has 1 N–H and O–H groups in total. The number of fused-ring (bicyclic) bond motifs is 10. The smallest absolute Gasteiger partial charge is 0.305 e. The first-order valence-corrected chi connectivity index (χ1v) is 36.8. The van der Waals surface area contributed by atoms with Crippen molar-refractivity contribution in [3.63, 3.8) is 0 Å². The van der Waals surface area contributed by atoms with Crippen molar-refractivity contribution in [1.82, 2.24) is 0 Å². The van der Waals surface area contributed by atoms with Crippen LogP contribution >= 0.6 is 0 Å². The number of ether oxygens (including phenoxy) is 1. The lowest BCUT2D eigenvalue weighted by atomic mass is 9.40. The van der Waals surface area contributed by atoms with E-state index in [-0.39, 0.29) is 69.9 Å². The minimum Gasteiger partial charge on any atom is -0.481 e. The molecule has 0 radical (unpaired) electrons. The Balaban J connectivity index is 0.000000209. The fourth-order valence-corrected chi connectivity index (χ4v) is 22.9. The van der Waals surface area contributed by atoms with Gasteiger partial charge in [0.1, 0.15) is 12.3 Å². The second kappa shape index (κ2) is 21.5. The Morgan fingerprint density at radius 1 is 0.577 bits per heavy atom. The highest BCUT2D eigenvalue weighted by molar-refractivity contribution is 6.70. The molecule has 8 rings (SSSR count). The lowest BCUT2D eigenvalue weighted by Gasteiger charge is -2.66. The van der Waals surface area contributed by atoms with Crippen molar-refractivity contribution in [3.8, 4) is 0 Å². The molecule has 0 aromatic heterocycles. The van der Waals surface area contributed by atoms with E-state index < -0.39 is 34.9 Å². The number of methoxy groups -OCH3 is 1. The molecule has 0 amide bonds. The molecule has 8 unspecified atom stereocenters. The number of carbonyl (C=O) groups excluding carboxylic acids is 1. The Hall–Kier alpha value is -0.846. The Morgan fingerprint density at radius 3 is 1.27 bits per heavy atom. The van der Waals surface area contributed by atoms with Crippen LogP contribution in [0.2, 0.25) is 39.3 Å². The van der Waals surface area contributed by atoms with Gasteiger partial charge in [0.25, 0.3) is 0 Å². The summed E-state index contributed by atoms with van der Waals surface area (Å²) in [6.07, 6.45) is 17.7. The highest BCUT2D eigenvalue weighted by Crippen LogP contribution is 2.73. The summed E-state index contributed by atoms with van der Waals surface area (Å²) in [4.78, 5) is 23.2. The number of aliphatic carboxylic acids is 1. The summed E-state index contributed by atoms with van der Waals surface area (Å²) in [5.74, 6) is 6.07. The molecule has 0 bridgehead atoms. The third-order valence-electron chi connectivity index (χ3n) is 23.7. The van der Waals surface area contributed by atoms with E-state index in [1.165, 1.54) is 71.3 Å². The summed E-state index contributed by atoms with van der Waals surface area (Å²) in [6.45, 7) is 37.5. The van der Waals surface area contributed by atoms with Crippen molar-refractivity contribution in [1.29, 1.82) is 0 Å². The quantitative estimate of drug-likeness (QED) is 0.138. The van der Waals surface area contributed by atoms with Gasteiger partial charge >= 0.3 is 11.9 Å². The van der Waals surface area contributed by atoms with Crippen LogP contribution in [0.4, 0.5) is 8.78 Å². The van der Waals surface area contributed by atoms with Crippen LogP contribution in [0, 0.1) is 116 Å². The third-order valence-corrected chi connectivity index (χ3v) is 25.7. The molecule has 0 aromatic carbocycles. The van der Waals surface area contributed by atoms with Gasteiger partial charge in [0.15, 0.2) is 16.6 Å². The molecule has 0 aliphatic heterocycles. The topological polar surface area (TPSA) is 82.1 Å². The fraction of sp³-hybridized carbons (Fsp3) is 0.967. The number of hydrogen-bond donors (Lipinski definition) is 1. The molecule has 8 aliphatic rings. The van der Waals surface area contributed by atoms with Gasteiger partial charge in [-0.3, -0.25) is 9.59 Å². The van der Waals surface area contributed by atoms with Crippen LogP contribution in [0.5, 0.6) is 0 Å². The maximum atomic E-state index is 16.2. The molecule has 8 fully saturated rings. The number of hydrogen-bond acceptors (Lipinski definition) is 5. The average molecular weight is 1030 g/mol. The van der Waals surface area contributed by atoms with Gasteiger partial charge in [-0.05, 0) is 234 Å². The van der Waals surface area contributed by atoms with E-state index in [2.05, 4.69) is 109 Å². The van der Waals surface area contributed by atoms with Crippen molar-refractivity contribution < 1.29 is 37.1 Å². The minimum atomic E-state index is -1.82. The van der Waals surface area contributed by atoms with E-state index >= 15 is 8.78 Å². The molecule has 410 valence electrons. The highest BCUT2D eigenvalue weighted by atomic mass is 28.4. The Bertz CT molecular complexity index is 1840. The molecule has 0 saturated heterocycles. The summed E-state index contributed by atoms with van der Waals surface area (Å²) in [6, 6.07) is 0. The predicted octanol–water partition coefficient (Wildman–Crippen LogP) is 16.5. The fourth-order valence-electron chi connectivity index (χ4n) is 20.6. The van der Waals surface area contributed by atoms with Crippen LogP contribution in [0.25, 0.3) is 0 Å². The van der Waals surface area contributed by atoms with Gasteiger partial charge in [-0.15, -0.1) is 0 Å². The highest BCUT2D eigenvalue weighted by Gasteiger charge is 2.69. The first kappa shape index (κ1) is 57.8. The van der Waals surface area contributed by atoms with E-state index in [0.717, 1.165) is 38.5 Å². The maximum absolute atomic E-state index is 16.2. The second-order valence-corrected chi connectivity index (χ2v) is 38.5. The summed E-state index contributed by atoms with van der Waals surface area (Å²) in [5.41, 5.74) is 0.701. The lowest BCUT2D eigenvalue weighted by molar-refractivity contribution is -0.210. The molecule has 6 nitrogen and oxygen atoms in total. The van der Waals surface area contributed by atoms with E-state index in [1.807, 2.05) is 0 Å². The molecular formula is C61H108F2O6Si2. The van der Waals surface area contributed by atoms with Crippen molar-refractivity contribution >= 4 is 28.6 Å². The van der Waals surface area contributed by atoms with Crippen molar-refractivity contribution in [2.75, 3.05) is 7.11 Å². The van der Waals surface area contributed by atoms with E-state index in [9.17, 15) is 14.7 Å². The Morgan fingerprint density at radius 2 is 0.930 bits per heavy atom. The van der Waals surface area contributed by atoms with Gasteiger partial charge in [0.05, 0.1) is 19.3 Å². The average Bonchev–Trinajstić information content (AvgIpc) is 3.84. The lowest BCUT2D eigenvalue weighted by Crippen LogP contribution is -2.65. The zero-order valence-corrected chi connectivity index (χ0v) is 50.5. The van der Waals surface area contributed by atoms with Crippen LogP contribution in [0.3, 0.4) is 0 Å². The van der Waals surface area contributed by atoms with Crippen LogP contribution in [-0.2, 0) is 23.2 Å². The number of halogens is 2. The van der Waals surface area contributed by atoms with Crippen molar-refractivity contribution in [2.24, 2.45) is 116 Å². The van der Waals surface area contributed by atoms with Gasteiger partial charge in [-0.25, -0.2) is 8.78 Å². The Labute approximate surface area is 435 Å². The zero-order chi connectivity index (χ0) is 52.6. The first-order valence-electron chi connectivity index (χ1n) is 29.9. The molecule has 71 heavy (non-hydrogen) atoms. The van der Waals surface area contributed by atoms with Gasteiger partial charge in [-0.1, -0.05) is 82.1 Å². The van der Waals surface area contributed by atoms with Crippen molar-refractivity contribution in [2.45, 2.75) is 249 Å². The molecular weight excluding hydrogens is 923 g/mol. The molecule has 10 heteroatoms. The number of carbonyl (C=O) groups is 2. The summed E-state index contributed by atoms with van der Waals surface area (Å²) in [7, 11) is -2.13. The number of rotatable bonds is 14. The normalized spacial score (nSPS) is 48.0. The second-order valence-electron chi connectivity index (χ2n) is 29.6. The van der Waals surface area contributed by atoms with E-state index in [1.54, 1.807) is 0 Å². The largest absolute Gasteiger partial charge is 0.481 e. The zero-order valence-electron chi connectivity index (χ0n) is 48.5. The van der Waals surface area contributed by atoms with E-state index in [0.29, 0.717) is 77.4 Å². The van der Waals surface area contributed by atoms with E-state index in [4.69, 9.17) is 13.6 Å². The van der Waals surface area contributed by atoms with Gasteiger partial charge in [0.2, 0.25) is 0 Å². The number of carboxylic acid groups (broad SMARTS) is 1. The summed E-state index contributed by atoms with van der Waals surface area (Å²) < 4.78 is 51.6. The standard InChI is InChI=1S/C31H55FO3Si.C30H53FO3Si/c1-10-21-27-28(32)20(3)15-17-31(27,5)24-16-18-30(4)22(19(2)11-14-25(33)34-6)12-13-23(30)26(24)29(21)35-36(7,8)9;1-9-20-26-27(31)19(3)14-16-30(26,5)23-15-17-29(4)21(18(2)10-13-24(32)33)11-12-22(29)25(23)28(20)34-35(6,7)8/h19-24,26-29H,10-18H2,1-9H3;18-23,25-28H,9-17H2,1-8H3,(H,32,33)/t19-,20-,21-,22?,23?,24?,26?,27-,28+,29-,30-,31-;18-,19-,20-,21?,22?,23?,25?,26-,27+,28-,29-,30-/m11/s1. The summed E-state index contributed by atoms with van der Waals surface area (Å²) in [5, 5.41) is 9.29. The maximum Gasteiger partial charge on any atom is 0.305 e. The molecule has 24 atom stereocenters. The molecule has 8 saturated carbocycles. The van der Waals surface area contributed by atoms with Crippen LogP contribution in [0.1, 0.15) is 185 Å². The monoisotopic (exact) mass is 1030 g/mol. The molecule has 0 heterocycles. The van der Waals surface area contributed by atoms with Crippen molar-refractivity contribution in [3.05, 3.63) is 0 Å². The van der Waals surface area contributed by atoms with Crippen LogP contribution in [-0.4, -0.2) is 65.3 Å². The number of alkyl halides is 2. The minimum absolute atomic E-state index is 0.0743. The summed E-state index contributed by atoms with van der Waals surface area (Å²) >= 11 is 0. The molecule has 0 aromatic rings. The predicted molar refractivity (Wildman–Crippen MR) is 291 cm³/mol. The van der Waals surface area contributed by atoms with Gasteiger partial charge < -0.3 is 18.7 Å². The molecule has 8 aliphatic carbocycles. The van der Waals surface area contributed by atoms with Gasteiger partial charge in [-0.2, -0.15) is 0 Å². The number of carboxylic acids is 1. The molecule has 0 spiro atoms. The third kappa shape index (κ3) is 10.6. The first-order chi connectivity index (χ1) is 33.0. The number of esters is 1. The Kier molecular flexibility index (Phi) is 17.5.